The number of hydrogen-bond donors (Lipinski definition) is 5. The zero-order chi connectivity index (χ0) is 26.0. The molecular weight excluding hydrogens is 466 g/mol. The first kappa shape index (κ1) is 25.6. The third kappa shape index (κ3) is 5.07. The van der Waals surface area contributed by atoms with Crippen LogP contribution in [0.25, 0.3) is 10.9 Å². The molecule has 2 aromatic rings. The fraction of sp³-hybridized carbons (Fsp3) is 0.520. The Hall–Kier alpha value is -3.44. The van der Waals surface area contributed by atoms with Gasteiger partial charge in [0.2, 0.25) is 17.7 Å². The van der Waals surface area contributed by atoms with Crippen molar-refractivity contribution in [1.29, 1.82) is 0 Å². The summed E-state index contributed by atoms with van der Waals surface area (Å²) in [6, 6.07) is 3.90. The fourth-order valence-corrected chi connectivity index (χ4v) is 5.26. The SMILES string of the molecule is CC(O)C(NC(=O)C1CCCN1C(=O)C1CCCN1C(=O)C(N)Cc1c[nH]c2ccccc12)C(=O)O. The van der Waals surface area contributed by atoms with Crippen molar-refractivity contribution in [2.24, 2.45) is 5.73 Å². The number of nitrogens with zero attached hydrogens (tertiary/aromatic N) is 2. The molecule has 4 rings (SSSR count). The highest BCUT2D eigenvalue weighted by Gasteiger charge is 2.43. The smallest absolute Gasteiger partial charge is 0.328 e. The van der Waals surface area contributed by atoms with E-state index in [4.69, 9.17) is 5.73 Å². The second kappa shape index (κ2) is 10.7. The number of carboxylic acid groups (broad SMARTS) is 1. The molecule has 36 heavy (non-hydrogen) atoms. The van der Waals surface area contributed by atoms with E-state index in [1.807, 2.05) is 30.5 Å². The molecule has 11 nitrogen and oxygen atoms in total. The van der Waals surface area contributed by atoms with Crippen molar-refractivity contribution in [3.05, 3.63) is 36.0 Å². The van der Waals surface area contributed by atoms with Gasteiger partial charge in [0.05, 0.1) is 12.1 Å². The number of nitrogens with one attached hydrogen (secondary N) is 2. The topological polar surface area (TPSA) is 169 Å². The van der Waals surface area contributed by atoms with Crippen LogP contribution < -0.4 is 11.1 Å². The number of aliphatic carboxylic acids is 1. The standard InChI is InChI=1S/C25H33N5O6/c1-14(31)21(25(35)36)28-22(32)19-8-4-10-29(19)24(34)20-9-5-11-30(20)23(33)17(26)12-15-13-27-18-7-3-2-6-16(15)18/h2-3,6-7,13-14,17,19-21,27,31H,4-5,8-12,26H2,1H3,(H,28,32)(H,35,36). The number of hydrogen-bond acceptors (Lipinski definition) is 6. The van der Waals surface area contributed by atoms with Gasteiger partial charge in [0, 0.05) is 30.2 Å². The van der Waals surface area contributed by atoms with Gasteiger partial charge in [-0.3, -0.25) is 14.4 Å². The Morgan fingerprint density at radius 3 is 2.47 bits per heavy atom. The molecule has 0 bridgehead atoms. The fourth-order valence-electron chi connectivity index (χ4n) is 5.26. The summed E-state index contributed by atoms with van der Waals surface area (Å²) in [7, 11) is 0. The van der Waals surface area contributed by atoms with Gasteiger partial charge in [0.15, 0.2) is 6.04 Å². The minimum atomic E-state index is -1.47. The van der Waals surface area contributed by atoms with Gasteiger partial charge in [-0.1, -0.05) is 18.2 Å². The molecule has 5 atom stereocenters. The Labute approximate surface area is 208 Å². The first-order chi connectivity index (χ1) is 17.2. The van der Waals surface area contributed by atoms with E-state index in [1.165, 1.54) is 16.7 Å². The van der Waals surface area contributed by atoms with Gasteiger partial charge < -0.3 is 36.0 Å². The van der Waals surface area contributed by atoms with Crippen LogP contribution in [0.5, 0.6) is 0 Å². The van der Waals surface area contributed by atoms with Crippen molar-refractivity contribution in [3.63, 3.8) is 0 Å². The molecule has 2 fully saturated rings. The highest BCUT2D eigenvalue weighted by atomic mass is 16.4. The summed E-state index contributed by atoms with van der Waals surface area (Å²) in [6.07, 6.45) is 2.96. The maximum Gasteiger partial charge on any atom is 0.328 e. The lowest BCUT2D eigenvalue weighted by Crippen LogP contribution is -2.57. The van der Waals surface area contributed by atoms with E-state index >= 15 is 0 Å². The number of amides is 3. The van der Waals surface area contributed by atoms with Crippen molar-refractivity contribution >= 4 is 34.6 Å². The minimum absolute atomic E-state index is 0.309. The first-order valence-electron chi connectivity index (χ1n) is 12.3. The summed E-state index contributed by atoms with van der Waals surface area (Å²) in [4.78, 5) is 57.1. The molecule has 1 aromatic heterocycles. The van der Waals surface area contributed by atoms with Crippen LogP contribution in [0.4, 0.5) is 0 Å². The van der Waals surface area contributed by atoms with Gasteiger partial charge in [-0.2, -0.15) is 0 Å². The number of benzene rings is 1. The highest BCUT2D eigenvalue weighted by molar-refractivity contribution is 5.95. The number of likely N-dealkylation sites (tertiary alicyclic amines) is 2. The number of aliphatic hydroxyl groups excluding tert-OH is 1. The maximum absolute atomic E-state index is 13.5. The summed E-state index contributed by atoms with van der Waals surface area (Å²) in [5.74, 6) is -2.62. The number of carbonyl (C=O) groups is 4. The number of para-hydroxylation sites is 1. The lowest BCUT2D eigenvalue weighted by Gasteiger charge is -2.32. The second-order valence-corrected chi connectivity index (χ2v) is 9.61. The van der Waals surface area contributed by atoms with Crippen LogP contribution in [-0.2, 0) is 25.6 Å². The number of carboxylic acids is 1. The van der Waals surface area contributed by atoms with Crippen LogP contribution in [0.3, 0.4) is 0 Å². The lowest BCUT2D eigenvalue weighted by atomic mass is 10.0. The Kier molecular flexibility index (Phi) is 7.60. The third-order valence-corrected chi connectivity index (χ3v) is 7.14. The number of aromatic amines is 1. The number of fused-ring (bicyclic) bond motifs is 1. The Morgan fingerprint density at radius 1 is 1.11 bits per heavy atom. The van der Waals surface area contributed by atoms with Crippen LogP contribution in [0.15, 0.2) is 30.5 Å². The Bertz CT molecular complexity index is 1150. The van der Waals surface area contributed by atoms with Crippen molar-refractivity contribution in [2.45, 2.75) is 69.3 Å². The monoisotopic (exact) mass is 499 g/mol. The largest absolute Gasteiger partial charge is 0.480 e. The Morgan fingerprint density at radius 2 is 1.78 bits per heavy atom. The molecule has 2 saturated heterocycles. The van der Waals surface area contributed by atoms with E-state index in [-0.39, 0.29) is 11.8 Å². The number of H-pyrrole nitrogens is 1. The number of carbonyl (C=O) groups excluding carboxylic acids is 3. The minimum Gasteiger partial charge on any atom is -0.480 e. The van der Waals surface area contributed by atoms with E-state index in [0.717, 1.165) is 16.5 Å². The van der Waals surface area contributed by atoms with Gasteiger partial charge in [0.1, 0.15) is 12.1 Å². The van der Waals surface area contributed by atoms with Crippen LogP contribution in [0.1, 0.15) is 38.2 Å². The second-order valence-electron chi connectivity index (χ2n) is 9.61. The average molecular weight is 500 g/mol. The molecule has 0 spiro atoms. The zero-order valence-electron chi connectivity index (χ0n) is 20.2. The molecule has 2 aliphatic rings. The summed E-state index contributed by atoms with van der Waals surface area (Å²) in [6.45, 7) is 2.02. The average Bonchev–Trinajstić information content (AvgIpc) is 3.61. The van der Waals surface area contributed by atoms with Crippen molar-refractivity contribution in [3.8, 4) is 0 Å². The van der Waals surface area contributed by atoms with E-state index in [0.29, 0.717) is 45.2 Å². The molecule has 0 radical (unpaired) electrons. The lowest BCUT2D eigenvalue weighted by molar-refractivity contribution is -0.149. The number of rotatable bonds is 8. The predicted molar refractivity (Wildman–Crippen MR) is 131 cm³/mol. The summed E-state index contributed by atoms with van der Waals surface area (Å²) in [5, 5.41) is 22.3. The molecule has 3 heterocycles. The quantitative estimate of drug-likeness (QED) is 0.340. The van der Waals surface area contributed by atoms with Crippen LogP contribution in [0.2, 0.25) is 0 Å². The third-order valence-electron chi connectivity index (χ3n) is 7.14. The van der Waals surface area contributed by atoms with E-state index in [9.17, 15) is 29.4 Å². The number of aromatic nitrogens is 1. The molecule has 0 saturated carbocycles. The van der Waals surface area contributed by atoms with Crippen LogP contribution >= 0.6 is 0 Å². The van der Waals surface area contributed by atoms with E-state index in [2.05, 4.69) is 10.3 Å². The predicted octanol–water partition coefficient (Wildman–Crippen LogP) is -0.0301. The van der Waals surface area contributed by atoms with Crippen LogP contribution in [-0.4, -0.2) is 92.0 Å². The summed E-state index contributed by atoms with van der Waals surface area (Å²) in [5.41, 5.74) is 8.19. The molecular formula is C25H33N5O6. The molecule has 194 valence electrons. The number of aliphatic hydroxyl groups is 1. The molecule has 2 aliphatic heterocycles. The molecule has 5 unspecified atom stereocenters. The molecule has 0 aliphatic carbocycles. The van der Waals surface area contributed by atoms with Gasteiger partial charge in [-0.15, -0.1) is 0 Å². The normalized spacial score (nSPS) is 22.4. The molecule has 1 aromatic carbocycles. The van der Waals surface area contributed by atoms with Crippen molar-refractivity contribution < 1.29 is 29.4 Å². The molecule has 3 amide bonds. The van der Waals surface area contributed by atoms with Gasteiger partial charge in [0.25, 0.3) is 0 Å². The molecule has 11 heteroatoms. The Balaban J connectivity index is 1.43. The van der Waals surface area contributed by atoms with E-state index < -0.39 is 42.1 Å². The van der Waals surface area contributed by atoms with Crippen LogP contribution in [0, 0.1) is 0 Å². The van der Waals surface area contributed by atoms with Crippen molar-refractivity contribution in [1.82, 2.24) is 20.1 Å². The van der Waals surface area contributed by atoms with Gasteiger partial charge in [-0.25, -0.2) is 4.79 Å². The van der Waals surface area contributed by atoms with Gasteiger partial charge >= 0.3 is 5.97 Å². The van der Waals surface area contributed by atoms with Crippen molar-refractivity contribution in [2.75, 3.05) is 13.1 Å². The summed E-state index contributed by atoms with van der Waals surface area (Å²) < 4.78 is 0. The first-order valence-corrected chi connectivity index (χ1v) is 12.3. The number of nitrogens with two attached hydrogens (primary N) is 1. The van der Waals surface area contributed by atoms with E-state index in [1.54, 1.807) is 0 Å². The zero-order valence-corrected chi connectivity index (χ0v) is 20.2. The maximum atomic E-state index is 13.5. The molecule has 6 N–H and O–H groups in total. The summed E-state index contributed by atoms with van der Waals surface area (Å²) >= 11 is 0. The highest BCUT2D eigenvalue weighted by Crippen LogP contribution is 2.26. The van der Waals surface area contributed by atoms with Gasteiger partial charge in [-0.05, 0) is 50.7 Å².